The molecule has 1 aliphatic carbocycles. The van der Waals surface area contributed by atoms with Gasteiger partial charge in [0.1, 0.15) is 5.82 Å². The van der Waals surface area contributed by atoms with Gasteiger partial charge in [0.15, 0.2) is 0 Å². The quantitative estimate of drug-likeness (QED) is 0.769. The molecule has 2 rings (SSSR count). The molecule has 0 atom stereocenters. The number of nitrogens with one attached hydrogen (secondary N) is 1. The zero-order valence-corrected chi connectivity index (χ0v) is 11.2. The molecular formula is C15H20FNO2. The van der Waals surface area contributed by atoms with E-state index in [1.165, 1.54) is 6.07 Å². The van der Waals surface area contributed by atoms with Gasteiger partial charge in [0, 0.05) is 25.8 Å². The van der Waals surface area contributed by atoms with Crippen molar-refractivity contribution >= 4 is 5.91 Å². The van der Waals surface area contributed by atoms with Gasteiger partial charge in [-0.15, -0.1) is 0 Å². The van der Waals surface area contributed by atoms with E-state index in [1.807, 2.05) is 0 Å². The molecule has 0 saturated heterocycles. The van der Waals surface area contributed by atoms with Crippen LogP contribution in [-0.4, -0.2) is 26.2 Å². The zero-order valence-electron chi connectivity index (χ0n) is 11.2. The average Bonchev–Trinajstić information content (AvgIpc) is 3.20. The van der Waals surface area contributed by atoms with Crippen LogP contribution in [-0.2, 0) is 14.9 Å². The molecule has 4 heteroatoms. The van der Waals surface area contributed by atoms with Crippen LogP contribution >= 0.6 is 0 Å². The van der Waals surface area contributed by atoms with Crippen molar-refractivity contribution in [1.29, 1.82) is 0 Å². The third kappa shape index (κ3) is 3.13. The van der Waals surface area contributed by atoms with Crippen molar-refractivity contribution in [3.63, 3.8) is 0 Å². The molecule has 3 nitrogen and oxygen atoms in total. The second kappa shape index (κ2) is 6.15. The molecule has 104 valence electrons. The molecule has 0 aliphatic heterocycles. The molecule has 1 fully saturated rings. The van der Waals surface area contributed by atoms with Crippen molar-refractivity contribution in [3.05, 3.63) is 35.6 Å². The fraction of sp³-hybridized carbons (Fsp3) is 0.533. The average molecular weight is 265 g/mol. The van der Waals surface area contributed by atoms with Gasteiger partial charge in [-0.2, -0.15) is 0 Å². The molecule has 0 unspecified atom stereocenters. The van der Waals surface area contributed by atoms with Crippen LogP contribution in [0.2, 0.25) is 0 Å². The van der Waals surface area contributed by atoms with Gasteiger partial charge in [0.05, 0.1) is 5.41 Å². The monoisotopic (exact) mass is 265 g/mol. The van der Waals surface area contributed by atoms with Gasteiger partial charge in [-0.05, 0) is 31.7 Å². The molecule has 0 heterocycles. The first-order valence-corrected chi connectivity index (χ1v) is 6.73. The Hall–Kier alpha value is -1.42. The molecule has 0 radical (unpaired) electrons. The lowest BCUT2D eigenvalue weighted by atomic mass is 9.94. The normalized spacial score (nSPS) is 16.1. The van der Waals surface area contributed by atoms with E-state index in [-0.39, 0.29) is 11.7 Å². The van der Waals surface area contributed by atoms with E-state index >= 15 is 0 Å². The topological polar surface area (TPSA) is 38.3 Å². The van der Waals surface area contributed by atoms with Crippen LogP contribution in [0.15, 0.2) is 24.3 Å². The van der Waals surface area contributed by atoms with Crippen LogP contribution < -0.4 is 5.32 Å². The smallest absolute Gasteiger partial charge is 0.230 e. The van der Waals surface area contributed by atoms with Crippen LogP contribution in [0.25, 0.3) is 0 Å². The van der Waals surface area contributed by atoms with Crippen LogP contribution in [0, 0.1) is 5.82 Å². The van der Waals surface area contributed by atoms with Gasteiger partial charge in [-0.3, -0.25) is 4.79 Å². The van der Waals surface area contributed by atoms with E-state index in [9.17, 15) is 9.18 Å². The first-order valence-electron chi connectivity index (χ1n) is 6.73. The Labute approximate surface area is 113 Å². The van der Waals surface area contributed by atoms with E-state index < -0.39 is 5.41 Å². The number of carbonyl (C=O) groups excluding carboxylic acids is 1. The Bertz CT molecular complexity index is 444. The van der Waals surface area contributed by atoms with E-state index in [2.05, 4.69) is 5.32 Å². The Balaban J connectivity index is 1.90. The van der Waals surface area contributed by atoms with Gasteiger partial charge in [-0.25, -0.2) is 4.39 Å². The van der Waals surface area contributed by atoms with Crippen LogP contribution in [0.3, 0.4) is 0 Å². The number of ether oxygens (including phenoxy) is 1. The van der Waals surface area contributed by atoms with E-state index in [4.69, 9.17) is 4.74 Å². The highest BCUT2D eigenvalue weighted by Gasteiger charge is 2.52. The summed E-state index contributed by atoms with van der Waals surface area (Å²) in [7, 11) is 1.66. The summed E-state index contributed by atoms with van der Waals surface area (Å²) in [5, 5.41) is 2.91. The summed E-state index contributed by atoms with van der Waals surface area (Å²) in [5.74, 6) is -0.329. The number of hydrogen-bond donors (Lipinski definition) is 1. The third-order valence-corrected chi connectivity index (χ3v) is 3.63. The second-order valence-electron chi connectivity index (χ2n) is 5.02. The molecule has 1 amide bonds. The van der Waals surface area contributed by atoms with Gasteiger partial charge >= 0.3 is 0 Å². The number of methoxy groups -OCH3 is 1. The number of benzene rings is 1. The summed E-state index contributed by atoms with van der Waals surface area (Å²) in [5.41, 5.74) is -0.0866. The number of unbranched alkanes of at least 4 members (excludes halogenated alkanes) is 1. The van der Waals surface area contributed by atoms with Gasteiger partial charge in [0.2, 0.25) is 5.91 Å². The Morgan fingerprint density at radius 2 is 2.11 bits per heavy atom. The molecule has 19 heavy (non-hydrogen) atoms. The summed E-state index contributed by atoms with van der Waals surface area (Å²) in [6, 6.07) is 6.57. The standard InChI is InChI=1S/C15H20FNO2/c1-19-11-5-4-10-17-14(18)15(8-9-15)12-6-2-3-7-13(12)16/h2-3,6-7H,4-5,8-11H2,1H3,(H,17,18). The number of halogens is 1. The number of carbonyl (C=O) groups is 1. The zero-order chi connectivity index (χ0) is 13.7. The number of amides is 1. The maximum absolute atomic E-state index is 13.8. The fourth-order valence-electron chi connectivity index (χ4n) is 2.34. The molecule has 1 aromatic carbocycles. The van der Waals surface area contributed by atoms with Crippen molar-refractivity contribution in [2.75, 3.05) is 20.3 Å². The minimum atomic E-state index is -0.618. The maximum atomic E-state index is 13.8. The van der Waals surface area contributed by atoms with E-state index in [0.29, 0.717) is 18.7 Å². The lowest BCUT2D eigenvalue weighted by Gasteiger charge is -2.16. The molecule has 0 aromatic heterocycles. The molecule has 0 spiro atoms. The fourth-order valence-corrected chi connectivity index (χ4v) is 2.34. The first kappa shape index (κ1) is 14.0. The van der Waals surface area contributed by atoms with Gasteiger partial charge < -0.3 is 10.1 Å². The predicted molar refractivity (Wildman–Crippen MR) is 71.4 cm³/mol. The minimum absolute atomic E-state index is 0.0463. The highest BCUT2D eigenvalue weighted by atomic mass is 19.1. The number of rotatable bonds is 7. The Morgan fingerprint density at radius 3 is 2.74 bits per heavy atom. The van der Waals surface area contributed by atoms with Gasteiger partial charge in [0.25, 0.3) is 0 Å². The lowest BCUT2D eigenvalue weighted by molar-refractivity contribution is -0.123. The molecule has 1 saturated carbocycles. The highest BCUT2D eigenvalue weighted by molar-refractivity contribution is 5.91. The number of hydrogen-bond acceptors (Lipinski definition) is 2. The van der Waals surface area contributed by atoms with Crippen molar-refractivity contribution in [2.24, 2.45) is 0 Å². The van der Waals surface area contributed by atoms with Crippen LogP contribution in [0.5, 0.6) is 0 Å². The lowest BCUT2D eigenvalue weighted by Crippen LogP contribution is -2.35. The van der Waals surface area contributed by atoms with Crippen molar-refractivity contribution in [3.8, 4) is 0 Å². The molecular weight excluding hydrogens is 245 g/mol. The summed E-state index contributed by atoms with van der Waals surface area (Å²) in [4.78, 5) is 12.2. The van der Waals surface area contributed by atoms with E-state index in [1.54, 1.807) is 25.3 Å². The van der Waals surface area contributed by atoms with Crippen LogP contribution in [0.1, 0.15) is 31.2 Å². The molecule has 0 bridgehead atoms. The van der Waals surface area contributed by atoms with Crippen LogP contribution in [0.4, 0.5) is 4.39 Å². The second-order valence-corrected chi connectivity index (χ2v) is 5.02. The molecule has 1 aliphatic rings. The Kier molecular flexibility index (Phi) is 4.53. The molecule has 1 N–H and O–H groups in total. The van der Waals surface area contributed by atoms with E-state index in [0.717, 1.165) is 25.7 Å². The highest BCUT2D eigenvalue weighted by Crippen LogP contribution is 2.49. The summed E-state index contributed by atoms with van der Waals surface area (Å²) in [6.45, 7) is 1.33. The summed E-state index contributed by atoms with van der Waals surface area (Å²) >= 11 is 0. The van der Waals surface area contributed by atoms with Crippen molar-refractivity contribution < 1.29 is 13.9 Å². The minimum Gasteiger partial charge on any atom is -0.385 e. The Morgan fingerprint density at radius 1 is 1.37 bits per heavy atom. The first-order chi connectivity index (χ1) is 9.20. The van der Waals surface area contributed by atoms with Crippen molar-refractivity contribution in [2.45, 2.75) is 31.1 Å². The predicted octanol–water partition coefficient (Wildman–Crippen LogP) is 2.40. The summed E-state index contributed by atoms with van der Waals surface area (Å²) in [6.07, 6.45) is 3.27. The maximum Gasteiger partial charge on any atom is 0.230 e. The third-order valence-electron chi connectivity index (χ3n) is 3.63. The van der Waals surface area contributed by atoms with Gasteiger partial charge in [-0.1, -0.05) is 18.2 Å². The summed E-state index contributed by atoms with van der Waals surface area (Å²) < 4.78 is 18.7. The van der Waals surface area contributed by atoms with Crippen molar-refractivity contribution in [1.82, 2.24) is 5.32 Å². The molecule has 1 aromatic rings. The largest absolute Gasteiger partial charge is 0.385 e. The SMILES string of the molecule is COCCCCNC(=O)C1(c2ccccc2F)CC1.